The van der Waals surface area contributed by atoms with E-state index >= 15 is 0 Å². The van der Waals surface area contributed by atoms with Gasteiger partial charge in [0.1, 0.15) is 5.75 Å². The maximum atomic E-state index is 5.74. The number of hydrogen-bond acceptors (Lipinski definition) is 5. The largest absolute Gasteiger partial charge is 0.495 e. The van der Waals surface area contributed by atoms with Gasteiger partial charge in [-0.25, -0.2) is 5.43 Å². The summed E-state index contributed by atoms with van der Waals surface area (Å²) >= 11 is 0. The number of rotatable bonds is 4. The van der Waals surface area contributed by atoms with Crippen LogP contribution in [0, 0.1) is 0 Å². The molecule has 1 atom stereocenters. The molecule has 0 aliphatic carbocycles. The van der Waals surface area contributed by atoms with Crippen LogP contribution in [0.4, 0.5) is 0 Å². The highest BCUT2D eigenvalue weighted by Gasteiger charge is 2.14. The van der Waals surface area contributed by atoms with Gasteiger partial charge in [0, 0.05) is 17.8 Å². The first-order chi connectivity index (χ1) is 10.3. The molecule has 2 heterocycles. The Labute approximate surface area is 122 Å². The van der Waals surface area contributed by atoms with Gasteiger partial charge in [-0.05, 0) is 35.4 Å². The second kappa shape index (κ2) is 5.87. The van der Waals surface area contributed by atoms with Crippen LogP contribution in [0.1, 0.15) is 17.2 Å². The first kappa shape index (κ1) is 13.5. The van der Waals surface area contributed by atoms with E-state index in [9.17, 15) is 0 Å². The van der Waals surface area contributed by atoms with Crippen LogP contribution >= 0.6 is 0 Å². The van der Waals surface area contributed by atoms with Crippen LogP contribution in [0.25, 0.3) is 10.9 Å². The van der Waals surface area contributed by atoms with Crippen LogP contribution in [0.5, 0.6) is 5.75 Å². The number of hydrogen-bond donors (Lipinski definition) is 2. The van der Waals surface area contributed by atoms with Crippen LogP contribution in [-0.4, -0.2) is 17.1 Å². The fourth-order valence-corrected chi connectivity index (χ4v) is 2.36. The summed E-state index contributed by atoms with van der Waals surface area (Å²) < 4.78 is 5.21. The first-order valence-electron chi connectivity index (χ1n) is 6.61. The molecule has 21 heavy (non-hydrogen) atoms. The Morgan fingerprint density at radius 1 is 1.14 bits per heavy atom. The summed E-state index contributed by atoms with van der Waals surface area (Å²) in [6.07, 6.45) is 5.23. The van der Waals surface area contributed by atoms with Gasteiger partial charge in [0.2, 0.25) is 0 Å². The van der Waals surface area contributed by atoms with E-state index in [4.69, 9.17) is 10.6 Å². The Kier molecular flexibility index (Phi) is 3.77. The van der Waals surface area contributed by atoms with E-state index in [-0.39, 0.29) is 6.04 Å². The Balaban J connectivity index is 2.04. The summed E-state index contributed by atoms with van der Waals surface area (Å²) in [6, 6.07) is 11.8. The van der Waals surface area contributed by atoms with E-state index in [0.29, 0.717) is 5.75 Å². The highest BCUT2D eigenvalue weighted by molar-refractivity contribution is 5.79. The van der Waals surface area contributed by atoms with Gasteiger partial charge in [0.15, 0.2) is 0 Å². The second-order valence-electron chi connectivity index (χ2n) is 4.71. The number of nitrogens with one attached hydrogen (secondary N) is 1. The van der Waals surface area contributed by atoms with Crippen molar-refractivity contribution >= 4 is 10.9 Å². The Hall–Kier alpha value is -2.50. The molecular formula is C16H16N4O. The summed E-state index contributed by atoms with van der Waals surface area (Å²) in [6.45, 7) is 0. The lowest BCUT2D eigenvalue weighted by Gasteiger charge is -2.17. The number of benzene rings is 1. The maximum absolute atomic E-state index is 5.74. The van der Waals surface area contributed by atoms with Crippen molar-refractivity contribution in [1.82, 2.24) is 15.4 Å². The van der Waals surface area contributed by atoms with Crippen molar-refractivity contribution in [2.45, 2.75) is 6.04 Å². The van der Waals surface area contributed by atoms with E-state index in [2.05, 4.69) is 21.5 Å². The van der Waals surface area contributed by atoms with E-state index in [1.807, 2.05) is 30.3 Å². The SMILES string of the molecule is COc1cncc(C(NN)c2ccc3ncccc3c2)c1. The molecule has 0 aliphatic heterocycles. The fourth-order valence-electron chi connectivity index (χ4n) is 2.36. The molecule has 0 saturated heterocycles. The molecule has 1 aromatic carbocycles. The van der Waals surface area contributed by atoms with Gasteiger partial charge in [-0.1, -0.05) is 12.1 Å². The molecule has 3 aromatic rings. The molecule has 0 fully saturated rings. The van der Waals surface area contributed by atoms with Crippen LogP contribution in [0.3, 0.4) is 0 Å². The third-order valence-corrected chi connectivity index (χ3v) is 3.43. The van der Waals surface area contributed by atoms with E-state index in [1.165, 1.54) is 0 Å². The standard InChI is InChI=1S/C16H16N4O/c1-21-14-8-13(9-18-10-14)16(20-17)12-4-5-15-11(7-12)3-2-6-19-15/h2-10,16,20H,17H2,1H3. The number of aromatic nitrogens is 2. The number of methoxy groups -OCH3 is 1. The number of nitrogens with two attached hydrogens (primary N) is 1. The quantitative estimate of drug-likeness (QED) is 0.566. The van der Waals surface area contributed by atoms with Gasteiger partial charge in [-0.15, -0.1) is 0 Å². The number of hydrazine groups is 1. The van der Waals surface area contributed by atoms with Crippen LogP contribution in [0.2, 0.25) is 0 Å². The van der Waals surface area contributed by atoms with E-state index in [0.717, 1.165) is 22.0 Å². The first-order valence-corrected chi connectivity index (χ1v) is 6.61. The molecule has 5 heteroatoms. The van der Waals surface area contributed by atoms with E-state index < -0.39 is 0 Å². The number of fused-ring (bicyclic) bond motifs is 1. The number of ether oxygens (including phenoxy) is 1. The summed E-state index contributed by atoms with van der Waals surface area (Å²) in [7, 11) is 1.62. The fraction of sp³-hybridized carbons (Fsp3) is 0.125. The normalized spacial score (nSPS) is 12.3. The van der Waals surface area contributed by atoms with Crippen molar-refractivity contribution < 1.29 is 4.74 Å². The highest BCUT2D eigenvalue weighted by Crippen LogP contribution is 2.25. The van der Waals surface area contributed by atoms with Crippen LogP contribution < -0.4 is 16.0 Å². The maximum Gasteiger partial charge on any atom is 0.137 e. The molecule has 0 bridgehead atoms. The molecular weight excluding hydrogens is 264 g/mol. The molecule has 0 spiro atoms. The number of nitrogens with zero attached hydrogens (tertiary/aromatic N) is 2. The minimum absolute atomic E-state index is 0.155. The summed E-state index contributed by atoms with van der Waals surface area (Å²) in [5, 5.41) is 1.08. The van der Waals surface area contributed by atoms with Crippen LogP contribution in [-0.2, 0) is 0 Å². The monoisotopic (exact) mass is 280 g/mol. The molecule has 0 aliphatic rings. The minimum atomic E-state index is -0.155. The van der Waals surface area contributed by atoms with Gasteiger partial charge in [0.05, 0.1) is 24.9 Å². The Morgan fingerprint density at radius 3 is 2.86 bits per heavy atom. The smallest absolute Gasteiger partial charge is 0.137 e. The lowest BCUT2D eigenvalue weighted by molar-refractivity contribution is 0.411. The van der Waals surface area contributed by atoms with Crippen molar-refractivity contribution in [2.75, 3.05) is 7.11 Å². The van der Waals surface area contributed by atoms with Gasteiger partial charge in [-0.2, -0.15) is 0 Å². The lowest BCUT2D eigenvalue weighted by atomic mass is 9.99. The van der Waals surface area contributed by atoms with Crippen molar-refractivity contribution in [3.8, 4) is 5.75 Å². The van der Waals surface area contributed by atoms with Crippen LogP contribution in [0.15, 0.2) is 55.0 Å². The van der Waals surface area contributed by atoms with Crippen molar-refractivity contribution in [3.05, 3.63) is 66.1 Å². The van der Waals surface area contributed by atoms with Crippen molar-refractivity contribution in [1.29, 1.82) is 0 Å². The Morgan fingerprint density at radius 2 is 2.05 bits per heavy atom. The topological polar surface area (TPSA) is 73.1 Å². The molecule has 0 radical (unpaired) electrons. The second-order valence-corrected chi connectivity index (χ2v) is 4.71. The zero-order valence-electron chi connectivity index (χ0n) is 11.7. The summed E-state index contributed by atoms with van der Waals surface area (Å²) in [4.78, 5) is 8.50. The molecule has 5 nitrogen and oxygen atoms in total. The predicted molar refractivity (Wildman–Crippen MR) is 81.7 cm³/mol. The molecule has 2 aromatic heterocycles. The van der Waals surface area contributed by atoms with E-state index in [1.54, 1.807) is 25.7 Å². The summed E-state index contributed by atoms with van der Waals surface area (Å²) in [5.41, 5.74) is 5.79. The average molecular weight is 280 g/mol. The highest BCUT2D eigenvalue weighted by atomic mass is 16.5. The molecule has 0 amide bonds. The summed E-state index contributed by atoms with van der Waals surface area (Å²) in [5.74, 6) is 6.44. The van der Waals surface area contributed by atoms with Gasteiger partial charge < -0.3 is 4.74 Å². The molecule has 3 N–H and O–H groups in total. The zero-order chi connectivity index (χ0) is 14.7. The molecule has 3 rings (SSSR count). The zero-order valence-corrected chi connectivity index (χ0v) is 11.7. The van der Waals surface area contributed by atoms with Gasteiger partial charge >= 0.3 is 0 Å². The minimum Gasteiger partial charge on any atom is -0.495 e. The molecule has 0 saturated carbocycles. The lowest BCUT2D eigenvalue weighted by Crippen LogP contribution is -2.28. The average Bonchev–Trinajstić information content (AvgIpc) is 2.56. The van der Waals surface area contributed by atoms with Gasteiger partial charge in [0.25, 0.3) is 0 Å². The molecule has 106 valence electrons. The molecule has 1 unspecified atom stereocenters. The van der Waals surface area contributed by atoms with Gasteiger partial charge in [-0.3, -0.25) is 15.8 Å². The third-order valence-electron chi connectivity index (χ3n) is 3.43. The van der Waals surface area contributed by atoms with Crippen molar-refractivity contribution in [2.24, 2.45) is 5.84 Å². The predicted octanol–water partition coefficient (Wildman–Crippen LogP) is 2.19. The third kappa shape index (κ3) is 2.69. The van der Waals surface area contributed by atoms with Crippen molar-refractivity contribution in [3.63, 3.8) is 0 Å². The number of pyridine rings is 2. The Bertz CT molecular complexity index is 760.